The zero-order chi connectivity index (χ0) is 14.5. The number of halogens is 1. The van der Waals surface area contributed by atoms with Crippen LogP contribution in [-0.2, 0) is 0 Å². The highest BCUT2D eigenvalue weighted by atomic mass is 127. The third-order valence-electron chi connectivity index (χ3n) is 3.31. The summed E-state index contributed by atoms with van der Waals surface area (Å²) in [6, 6.07) is 16.4. The van der Waals surface area contributed by atoms with Crippen LogP contribution in [0, 0.1) is 10.5 Å². The molecule has 0 aliphatic rings. The molecule has 106 valence electrons. The second kappa shape index (κ2) is 7.09. The summed E-state index contributed by atoms with van der Waals surface area (Å²) in [6.45, 7) is 4.17. The van der Waals surface area contributed by atoms with Crippen molar-refractivity contribution in [3.8, 4) is 5.75 Å². The molecule has 0 fully saturated rings. The van der Waals surface area contributed by atoms with Crippen LogP contribution >= 0.6 is 22.6 Å². The maximum absolute atomic E-state index is 6.25. The van der Waals surface area contributed by atoms with Crippen molar-refractivity contribution < 1.29 is 4.74 Å². The predicted molar refractivity (Wildman–Crippen MR) is 92.0 cm³/mol. The lowest BCUT2D eigenvalue weighted by Gasteiger charge is -2.25. The number of rotatable bonds is 5. The summed E-state index contributed by atoms with van der Waals surface area (Å²) in [5.41, 5.74) is 8.61. The Labute approximate surface area is 134 Å². The van der Waals surface area contributed by atoms with Crippen LogP contribution in [0.5, 0.6) is 5.75 Å². The Morgan fingerprint density at radius 1 is 1.15 bits per heavy atom. The molecule has 2 unspecified atom stereocenters. The van der Waals surface area contributed by atoms with Gasteiger partial charge in [-0.05, 0) is 65.8 Å². The van der Waals surface area contributed by atoms with Gasteiger partial charge in [0.15, 0.2) is 0 Å². The van der Waals surface area contributed by atoms with Crippen LogP contribution in [0.25, 0.3) is 0 Å². The number of ether oxygens (including phenoxy) is 1. The second-order valence-electron chi connectivity index (χ2n) is 4.98. The molecule has 2 aromatic rings. The quantitative estimate of drug-likeness (QED) is 0.777. The highest BCUT2D eigenvalue weighted by Gasteiger charge is 2.20. The highest BCUT2D eigenvalue weighted by molar-refractivity contribution is 14.1. The monoisotopic (exact) mass is 381 g/mol. The zero-order valence-electron chi connectivity index (χ0n) is 11.8. The Morgan fingerprint density at radius 2 is 1.85 bits per heavy atom. The maximum atomic E-state index is 6.25. The summed E-state index contributed by atoms with van der Waals surface area (Å²) in [6.07, 6.45) is 0.767. The van der Waals surface area contributed by atoms with Crippen molar-refractivity contribution in [3.05, 3.63) is 63.2 Å². The van der Waals surface area contributed by atoms with Gasteiger partial charge >= 0.3 is 0 Å². The Hall–Kier alpha value is -1.07. The van der Waals surface area contributed by atoms with Crippen LogP contribution < -0.4 is 10.5 Å². The third-order valence-corrected chi connectivity index (χ3v) is 4.03. The molecule has 0 spiro atoms. The van der Waals surface area contributed by atoms with E-state index >= 15 is 0 Å². The van der Waals surface area contributed by atoms with Crippen LogP contribution in [0.15, 0.2) is 48.5 Å². The first kappa shape index (κ1) is 15.3. The van der Waals surface area contributed by atoms with Crippen LogP contribution in [0.3, 0.4) is 0 Å². The average molecular weight is 381 g/mol. The maximum Gasteiger partial charge on any atom is 0.139 e. The van der Waals surface area contributed by atoms with E-state index in [0.29, 0.717) is 0 Å². The number of hydrogen-bond donors (Lipinski definition) is 1. The number of benzene rings is 2. The fourth-order valence-electron chi connectivity index (χ4n) is 2.12. The summed E-state index contributed by atoms with van der Waals surface area (Å²) in [7, 11) is 0. The van der Waals surface area contributed by atoms with Crippen molar-refractivity contribution in [1.29, 1.82) is 0 Å². The summed E-state index contributed by atoms with van der Waals surface area (Å²) in [5.74, 6) is 0.862. The van der Waals surface area contributed by atoms with Crippen molar-refractivity contribution in [2.24, 2.45) is 5.73 Å². The lowest BCUT2D eigenvalue weighted by Crippen LogP contribution is -2.31. The van der Waals surface area contributed by atoms with E-state index in [1.54, 1.807) is 0 Å². The van der Waals surface area contributed by atoms with E-state index in [4.69, 9.17) is 10.5 Å². The fraction of sp³-hybridized carbons (Fsp3) is 0.294. The molecule has 2 aromatic carbocycles. The second-order valence-corrected chi connectivity index (χ2v) is 6.22. The van der Waals surface area contributed by atoms with Gasteiger partial charge in [-0.2, -0.15) is 0 Å². The summed E-state index contributed by atoms with van der Waals surface area (Å²) < 4.78 is 7.33. The molecule has 2 N–H and O–H groups in total. The number of aryl methyl sites for hydroxylation is 1. The Morgan fingerprint density at radius 3 is 2.45 bits per heavy atom. The molecule has 2 rings (SSSR count). The molecule has 0 heterocycles. The van der Waals surface area contributed by atoms with E-state index in [1.807, 2.05) is 24.3 Å². The van der Waals surface area contributed by atoms with Crippen molar-refractivity contribution >= 4 is 22.6 Å². The minimum atomic E-state index is -0.111. The topological polar surface area (TPSA) is 35.2 Å². The van der Waals surface area contributed by atoms with Crippen molar-refractivity contribution in [3.63, 3.8) is 0 Å². The van der Waals surface area contributed by atoms with Gasteiger partial charge in [-0.3, -0.25) is 0 Å². The largest absolute Gasteiger partial charge is 0.484 e. The molecule has 0 bridgehead atoms. The van der Waals surface area contributed by atoms with E-state index in [-0.39, 0.29) is 12.1 Å². The van der Waals surface area contributed by atoms with Crippen molar-refractivity contribution in [2.75, 3.05) is 0 Å². The van der Waals surface area contributed by atoms with E-state index in [2.05, 4.69) is 60.7 Å². The van der Waals surface area contributed by atoms with Crippen molar-refractivity contribution in [2.45, 2.75) is 32.4 Å². The normalized spacial score (nSPS) is 13.8. The van der Waals surface area contributed by atoms with Crippen LogP contribution in [0.4, 0.5) is 0 Å². The lowest BCUT2D eigenvalue weighted by atomic mass is 9.99. The molecule has 0 radical (unpaired) electrons. The molecule has 0 amide bonds. The summed E-state index contributed by atoms with van der Waals surface area (Å²) in [5, 5.41) is 0. The standard InChI is InChI=1S/C17H20INO/c1-3-16(19)17(13-6-4-5-12(2)11-13)20-15-9-7-14(18)8-10-15/h4-11,16-17H,3,19H2,1-2H3. The van der Waals surface area contributed by atoms with E-state index in [9.17, 15) is 0 Å². The number of hydrogen-bond acceptors (Lipinski definition) is 2. The van der Waals surface area contributed by atoms with Crippen molar-refractivity contribution in [1.82, 2.24) is 0 Å². The Kier molecular flexibility index (Phi) is 5.43. The highest BCUT2D eigenvalue weighted by Crippen LogP contribution is 2.26. The molecule has 2 nitrogen and oxygen atoms in total. The molecule has 0 saturated heterocycles. The van der Waals surface area contributed by atoms with Crippen LogP contribution in [0.1, 0.15) is 30.6 Å². The van der Waals surface area contributed by atoms with Gasteiger partial charge in [0.25, 0.3) is 0 Å². The smallest absolute Gasteiger partial charge is 0.139 e. The first-order valence-electron chi connectivity index (χ1n) is 6.84. The average Bonchev–Trinajstić information content (AvgIpc) is 2.46. The Bertz CT molecular complexity index is 553. The summed E-state index contributed by atoms with van der Waals surface area (Å²) in [4.78, 5) is 0. The summed E-state index contributed by atoms with van der Waals surface area (Å²) >= 11 is 2.29. The van der Waals surface area contributed by atoms with Gasteiger partial charge in [-0.1, -0.05) is 36.8 Å². The molecule has 0 aliphatic carbocycles. The van der Waals surface area contributed by atoms with Gasteiger partial charge in [-0.15, -0.1) is 0 Å². The van der Waals surface area contributed by atoms with Crippen LogP contribution in [-0.4, -0.2) is 6.04 Å². The zero-order valence-corrected chi connectivity index (χ0v) is 14.0. The molecular weight excluding hydrogens is 361 g/mol. The minimum Gasteiger partial charge on any atom is -0.484 e. The molecule has 0 saturated carbocycles. The minimum absolute atomic E-state index is 0.0175. The third kappa shape index (κ3) is 3.96. The van der Waals surface area contributed by atoms with E-state index in [0.717, 1.165) is 17.7 Å². The van der Waals surface area contributed by atoms with E-state index < -0.39 is 0 Å². The molecule has 20 heavy (non-hydrogen) atoms. The van der Waals surface area contributed by atoms with Gasteiger partial charge in [0.05, 0.1) is 0 Å². The van der Waals surface area contributed by atoms with Gasteiger partial charge in [0.1, 0.15) is 11.9 Å². The van der Waals surface area contributed by atoms with Gasteiger partial charge < -0.3 is 10.5 Å². The van der Waals surface area contributed by atoms with Gasteiger partial charge in [-0.25, -0.2) is 0 Å². The number of nitrogens with two attached hydrogens (primary N) is 1. The lowest BCUT2D eigenvalue weighted by molar-refractivity contribution is 0.171. The molecule has 0 aliphatic heterocycles. The van der Waals surface area contributed by atoms with Gasteiger partial charge in [0, 0.05) is 9.61 Å². The molecule has 2 atom stereocenters. The molecular formula is C17H20INO. The van der Waals surface area contributed by atoms with Gasteiger partial charge in [0.2, 0.25) is 0 Å². The molecule has 3 heteroatoms. The molecule has 0 aromatic heterocycles. The first-order valence-corrected chi connectivity index (χ1v) is 7.92. The first-order chi connectivity index (χ1) is 9.60. The SMILES string of the molecule is CCC(N)C(Oc1ccc(I)cc1)c1cccc(C)c1. The van der Waals surface area contributed by atoms with E-state index in [1.165, 1.54) is 9.13 Å². The van der Waals surface area contributed by atoms with Crippen LogP contribution in [0.2, 0.25) is 0 Å². The Balaban J connectivity index is 2.26. The predicted octanol–water partition coefficient (Wildman–Crippen LogP) is 4.46. The fourth-order valence-corrected chi connectivity index (χ4v) is 2.48.